The van der Waals surface area contributed by atoms with Crippen molar-refractivity contribution in [1.29, 1.82) is 0 Å². The fourth-order valence-electron chi connectivity index (χ4n) is 5.36. The van der Waals surface area contributed by atoms with Crippen LogP contribution in [-0.2, 0) is 28.7 Å². The van der Waals surface area contributed by atoms with Crippen molar-refractivity contribution < 1.29 is 60.2 Å². The lowest BCUT2D eigenvalue weighted by Gasteiger charge is -2.32. The molecule has 266 valence electrons. The van der Waals surface area contributed by atoms with Crippen molar-refractivity contribution in [1.82, 2.24) is 20.4 Å². The van der Waals surface area contributed by atoms with Crippen molar-refractivity contribution >= 4 is 35.4 Å². The highest BCUT2D eigenvalue weighted by Crippen LogP contribution is 2.38. The summed E-state index contributed by atoms with van der Waals surface area (Å²) in [5.41, 5.74) is 0.433. The number of alkyl halides is 5. The lowest BCUT2D eigenvalue weighted by molar-refractivity contribution is -0.270. The maximum Gasteiger partial charge on any atom is 0.461 e. The van der Waals surface area contributed by atoms with Crippen LogP contribution in [0.1, 0.15) is 61.8 Å². The largest absolute Gasteiger partial charge is 0.461 e. The van der Waals surface area contributed by atoms with Gasteiger partial charge in [-0.15, -0.1) is 0 Å². The quantitative estimate of drug-likeness (QED) is 0.266. The van der Waals surface area contributed by atoms with E-state index in [1.54, 1.807) is 18.7 Å². The zero-order chi connectivity index (χ0) is 36.1. The zero-order valence-corrected chi connectivity index (χ0v) is 27.1. The van der Waals surface area contributed by atoms with Crippen LogP contribution in [0.2, 0.25) is 0 Å². The Morgan fingerprint density at radius 3 is 1.90 bits per heavy atom. The molecule has 2 N–H and O–H groups in total. The van der Waals surface area contributed by atoms with E-state index in [2.05, 4.69) is 5.32 Å². The summed E-state index contributed by atoms with van der Waals surface area (Å²) in [4.78, 5) is 79.7. The average Bonchev–Trinajstić information content (AvgIpc) is 3.44. The SMILES string of the molecule is CC(=O)OC1CC(C(=O)NC(C(=O)C(F)(F)C(F)(F)F)C(C)C)N(C(=O)C(NC(=O)c2ccc(C(=O)N3CCOCC3)cc2)C(C)C)C1. The third kappa shape index (κ3) is 8.85. The van der Waals surface area contributed by atoms with E-state index in [4.69, 9.17) is 9.47 Å². The highest BCUT2D eigenvalue weighted by atomic mass is 19.4. The monoisotopic (exact) mass is 690 g/mol. The summed E-state index contributed by atoms with van der Waals surface area (Å²) in [5, 5.41) is 4.53. The summed E-state index contributed by atoms with van der Waals surface area (Å²) in [6.45, 7) is 7.85. The number of ketones is 1. The smallest absolute Gasteiger partial charge is 0.461 e. The molecule has 2 aliphatic rings. The van der Waals surface area contributed by atoms with Gasteiger partial charge >= 0.3 is 18.1 Å². The minimum Gasteiger partial charge on any atom is -0.461 e. The number of carbonyl (C=O) groups is 6. The number of hydrogen-bond acceptors (Lipinski definition) is 8. The van der Waals surface area contributed by atoms with Gasteiger partial charge in [-0.25, -0.2) is 0 Å². The molecule has 0 spiro atoms. The minimum absolute atomic E-state index is 0.101. The number of morpholine rings is 1. The molecule has 0 bridgehead atoms. The highest BCUT2D eigenvalue weighted by Gasteiger charge is 2.65. The number of amides is 4. The maximum atomic E-state index is 14.0. The van der Waals surface area contributed by atoms with Gasteiger partial charge in [0.1, 0.15) is 18.2 Å². The third-order valence-electron chi connectivity index (χ3n) is 8.01. The number of ether oxygens (including phenoxy) is 2. The predicted molar refractivity (Wildman–Crippen MR) is 158 cm³/mol. The second-order valence-electron chi connectivity index (χ2n) is 12.3. The summed E-state index contributed by atoms with van der Waals surface area (Å²) >= 11 is 0. The van der Waals surface area contributed by atoms with E-state index < -0.39 is 77.6 Å². The number of halogens is 5. The first-order valence-corrected chi connectivity index (χ1v) is 15.3. The number of benzene rings is 1. The van der Waals surface area contributed by atoms with E-state index in [1.807, 2.05) is 5.32 Å². The molecule has 0 radical (unpaired) electrons. The van der Waals surface area contributed by atoms with Crippen LogP contribution < -0.4 is 10.6 Å². The number of rotatable bonds is 11. The fourth-order valence-corrected chi connectivity index (χ4v) is 5.36. The Kier molecular flexibility index (Phi) is 12.3. The highest BCUT2D eigenvalue weighted by molar-refractivity contribution is 6.01. The Morgan fingerprint density at radius 2 is 1.40 bits per heavy atom. The summed E-state index contributed by atoms with van der Waals surface area (Å²) in [6, 6.07) is 0.587. The Bertz CT molecular complexity index is 1380. The second kappa shape index (κ2) is 15.4. The van der Waals surface area contributed by atoms with Gasteiger partial charge in [-0.2, -0.15) is 22.0 Å². The molecule has 0 aliphatic carbocycles. The van der Waals surface area contributed by atoms with Crippen LogP contribution in [0.3, 0.4) is 0 Å². The molecule has 48 heavy (non-hydrogen) atoms. The van der Waals surface area contributed by atoms with E-state index in [9.17, 15) is 50.7 Å². The molecule has 2 aliphatic heterocycles. The Balaban J connectivity index is 1.82. The van der Waals surface area contributed by atoms with Crippen LogP contribution in [0.25, 0.3) is 0 Å². The lowest BCUT2D eigenvalue weighted by atomic mass is 9.95. The number of nitrogens with zero attached hydrogens (tertiary/aromatic N) is 2. The molecule has 3 rings (SSSR count). The van der Waals surface area contributed by atoms with Gasteiger partial charge in [0.25, 0.3) is 11.8 Å². The van der Waals surface area contributed by atoms with Crippen molar-refractivity contribution in [2.45, 2.75) is 77.4 Å². The molecule has 4 amide bonds. The summed E-state index contributed by atoms with van der Waals surface area (Å²) in [7, 11) is 0. The van der Waals surface area contributed by atoms with E-state index >= 15 is 0 Å². The van der Waals surface area contributed by atoms with Gasteiger partial charge in [-0.05, 0) is 36.1 Å². The van der Waals surface area contributed by atoms with Crippen LogP contribution in [0.15, 0.2) is 24.3 Å². The number of hydrogen-bond donors (Lipinski definition) is 2. The Morgan fingerprint density at radius 1 is 0.854 bits per heavy atom. The van der Waals surface area contributed by atoms with Crippen molar-refractivity contribution in [3.05, 3.63) is 35.4 Å². The van der Waals surface area contributed by atoms with Crippen LogP contribution in [0.5, 0.6) is 0 Å². The van der Waals surface area contributed by atoms with Crippen molar-refractivity contribution in [2.24, 2.45) is 11.8 Å². The topological polar surface area (TPSA) is 151 Å². The predicted octanol–water partition coefficient (Wildman–Crippen LogP) is 2.35. The van der Waals surface area contributed by atoms with E-state index in [0.29, 0.717) is 31.9 Å². The van der Waals surface area contributed by atoms with Crippen LogP contribution in [0, 0.1) is 11.8 Å². The normalized spacial score (nSPS) is 19.9. The van der Waals surface area contributed by atoms with E-state index in [1.165, 1.54) is 24.3 Å². The zero-order valence-electron chi connectivity index (χ0n) is 27.1. The number of nitrogens with one attached hydrogen (secondary N) is 2. The van der Waals surface area contributed by atoms with Gasteiger partial charge in [0, 0.05) is 37.6 Å². The van der Waals surface area contributed by atoms with E-state index in [-0.39, 0.29) is 24.4 Å². The molecule has 2 saturated heterocycles. The van der Waals surface area contributed by atoms with Gasteiger partial charge in [0.2, 0.25) is 17.6 Å². The number of carbonyl (C=O) groups excluding carboxylic acids is 6. The fraction of sp³-hybridized carbons (Fsp3) is 0.613. The van der Waals surface area contributed by atoms with Crippen LogP contribution >= 0.6 is 0 Å². The Hall–Kier alpha value is -4.15. The molecule has 12 nitrogen and oxygen atoms in total. The van der Waals surface area contributed by atoms with Gasteiger partial charge in [0.05, 0.1) is 25.8 Å². The molecule has 4 atom stereocenters. The van der Waals surface area contributed by atoms with Crippen molar-refractivity contribution in [3.63, 3.8) is 0 Å². The molecule has 4 unspecified atom stereocenters. The molecule has 17 heteroatoms. The van der Waals surface area contributed by atoms with Gasteiger partial charge < -0.3 is 29.9 Å². The summed E-state index contributed by atoms with van der Waals surface area (Å²) in [6.07, 6.45) is -7.63. The standard InChI is InChI=1S/C31H39F5N4O8/c1-16(2)23(25(42)30(32,33)31(34,35)36)37-27(44)22-14-21(48-18(5)41)15-40(22)29(46)24(17(3)4)38-26(43)19-6-8-20(9-7-19)28(45)39-10-12-47-13-11-39/h6-9,16-17,21-24H,10-15H2,1-5H3,(H,37,44)(H,38,43). The first-order valence-electron chi connectivity index (χ1n) is 15.3. The van der Waals surface area contributed by atoms with Crippen LogP contribution in [-0.4, -0.2) is 114 Å². The second-order valence-corrected chi connectivity index (χ2v) is 12.3. The average molecular weight is 691 g/mol. The number of esters is 1. The summed E-state index contributed by atoms with van der Waals surface area (Å²) < 4.78 is 77.2. The third-order valence-corrected chi connectivity index (χ3v) is 8.01. The first kappa shape index (κ1) is 38.3. The Labute approximate surface area is 273 Å². The molecule has 1 aromatic rings. The maximum absolute atomic E-state index is 14.0. The minimum atomic E-state index is -6.21. The van der Waals surface area contributed by atoms with E-state index in [0.717, 1.165) is 25.7 Å². The molecule has 2 fully saturated rings. The molecular formula is C31H39F5N4O8. The molecular weight excluding hydrogens is 651 g/mol. The molecule has 0 aromatic heterocycles. The van der Waals surface area contributed by atoms with Gasteiger partial charge in [-0.1, -0.05) is 27.7 Å². The van der Waals surface area contributed by atoms with Crippen molar-refractivity contribution in [2.75, 3.05) is 32.8 Å². The van der Waals surface area contributed by atoms with Crippen molar-refractivity contribution in [3.8, 4) is 0 Å². The molecule has 1 aromatic carbocycles. The molecule has 2 heterocycles. The first-order chi connectivity index (χ1) is 22.3. The summed E-state index contributed by atoms with van der Waals surface area (Å²) in [5.74, 6) is -13.9. The lowest BCUT2D eigenvalue weighted by Crippen LogP contribution is -2.60. The molecule has 0 saturated carbocycles. The van der Waals surface area contributed by atoms with Crippen LogP contribution in [0.4, 0.5) is 22.0 Å². The number of Topliss-reactive ketones (excluding diaryl/α,β-unsaturated/α-hetero) is 1. The van der Waals surface area contributed by atoms with Gasteiger partial charge in [0.15, 0.2) is 0 Å². The van der Waals surface area contributed by atoms with Gasteiger partial charge in [-0.3, -0.25) is 28.8 Å². The number of likely N-dealkylation sites (tertiary alicyclic amines) is 1.